The first kappa shape index (κ1) is 31.1. The molecule has 3 unspecified atom stereocenters. The molecule has 8 nitrogen and oxygen atoms in total. The molecule has 9 heteroatoms. The number of carbonyl (C=O) groups is 2. The molecule has 250 valence electrons. The summed E-state index contributed by atoms with van der Waals surface area (Å²) in [6.45, 7) is 6.64. The van der Waals surface area contributed by atoms with E-state index in [0.29, 0.717) is 18.0 Å². The van der Waals surface area contributed by atoms with Gasteiger partial charge in [0.1, 0.15) is 16.7 Å². The van der Waals surface area contributed by atoms with Gasteiger partial charge in [0, 0.05) is 64.9 Å². The number of nitrogens with zero attached hydrogens (tertiary/aromatic N) is 2. The lowest BCUT2D eigenvalue weighted by molar-refractivity contribution is -0.140. The number of benzene rings is 2. The van der Waals surface area contributed by atoms with E-state index in [1.807, 2.05) is 26.0 Å². The molecule has 2 N–H and O–H groups in total. The van der Waals surface area contributed by atoms with Gasteiger partial charge in [0.05, 0.1) is 18.2 Å². The van der Waals surface area contributed by atoms with Crippen molar-refractivity contribution in [2.24, 2.45) is 5.41 Å². The molecule has 5 aliphatic rings. The summed E-state index contributed by atoms with van der Waals surface area (Å²) in [7, 11) is 0.252. The van der Waals surface area contributed by atoms with Gasteiger partial charge in [0.15, 0.2) is 0 Å². The largest absolute Gasteiger partial charge is 0.497 e. The van der Waals surface area contributed by atoms with Crippen LogP contribution in [0, 0.1) is 5.41 Å². The second-order valence-electron chi connectivity index (χ2n) is 15.2. The molecular weight excluding hydrogens is 609 g/mol. The Balaban J connectivity index is 1.29. The van der Waals surface area contributed by atoms with Crippen LogP contribution in [0.5, 0.6) is 5.75 Å². The van der Waals surface area contributed by atoms with Crippen molar-refractivity contribution < 1.29 is 18.5 Å². The zero-order chi connectivity index (χ0) is 32.5. The molecule has 0 radical (unpaired) electrons. The summed E-state index contributed by atoms with van der Waals surface area (Å²) in [6.07, 6.45) is 11.5. The lowest BCUT2D eigenvalue weighted by Gasteiger charge is -2.43. The third-order valence-corrected chi connectivity index (χ3v) is 13.3. The van der Waals surface area contributed by atoms with Gasteiger partial charge in [-0.15, -0.1) is 0 Å². The zero-order valence-electron chi connectivity index (χ0n) is 28.0. The number of hydrogen-bond donors (Lipinski definition) is 2. The highest BCUT2D eigenvalue weighted by molar-refractivity contribution is 7.84. The number of methoxy groups -OCH3 is 1. The van der Waals surface area contributed by atoms with E-state index in [4.69, 9.17) is 4.74 Å². The van der Waals surface area contributed by atoms with E-state index in [9.17, 15) is 13.8 Å². The molecule has 4 fully saturated rings. The third kappa shape index (κ3) is 5.14. The summed E-state index contributed by atoms with van der Waals surface area (Å²) >= 11 is 0. The topological polar surface area (TPSA) is 92.7 Å². The van der Waals surface area contributed by atoms with Gasteiger partial charge in [-0.05, 0) is 93.3 Å². The van der Waals surface area contributed by atoms with E-state index >= 15 is 0 Å². The van der Waals surface area contributed by atoms with Gasteiger partial charge >= 0.3 is 0 Å². The number of hydrogen-bond acceptors (Lipinski definition) is 5. The molecule has 1 spiro atoms. The minimum Gasteiger partial charge on any atom is -0.497 e. The predicted molar refractivity (Wildman–Crippen MR) is 186 cm³/mol. The minimum absolute atomic E-state index is 0.0542. The second kappa shape index (κ2) is 11.8. The molecule has 3 saturated carbocycles. The van der Waals surface area contributed by atoms with Crippen molar-refractivity contribution in [1.82, 2.24) is 19.5 Å². The van der Waals surface area contributed by atoms with Crippen molar-refractivity contribution >= 4 is 33.7 Å². The van der Waals surface area contributed by atoms with Gasteiger partial charge < -0.3 is 19.5 Å². The van der Waals surface area contributed by atoms with Crippen LogP contribution in [0.3, 0.4) is 0 Å². The Labute approximate surface area is 280 Å². The van der Waals surface area contributed by atoms with Crippen LogP contribution in [0.2, 0.25) is 0 Å². The molecule has 1 saturated heterocycles. The summed E-state index contributed by atoms with van der Waals surface area (Å²) in [5, 5.41) is 4.79. The van der Waals surface area contributed by atoms with E-state index in [0.717, 1.165) is 63.0 Å². The Bertz CT molecular complexity index is 1770. The Hall–Kier alpha value is -3.17. The Morgan fingerprint density at radius 1 is 1.02 bits per heavy atom. The van der Waals surface area contributed by atoms with Crippen LogP contribution in [0.25, 0.3) is 22.2 Å². The molecule has 1 aromatic heterocycles. The minimum atomic E-state index is -1.46. The highest BCUT2D eigenvalue weighted by Crippen LogP contribution is 2.66. The maximum Gasteiger partial charge on any atom is 0.263 e. The summed E-state index contributed by atoms with van der Waals surface area (Å²) in [6, 6.07) is 12.4. The molecule has 3 aliphatic carbocycles. The quantitative estimate of drug-likeness (QED) is 0.321. The molecule has 47 heavy (non-hydrogen) atoms. The number of ether oxygens (including phenoxy) is 1. The molecule has 0 bridgehead atoms. The fraction of sp³-hybridized carbons (Fsp3) is 0.579. The van der Waals surface area contributed by atoms with Crippen molar-refractivity contribution in [3.63, 3.8) is 0 Å². The summed E-state index contributed by atoms with van der Waals surface area (Å²) in [5.74, 6) is 1.31. The van der Waals surface area contributed by atoms with Gasteiger partial charge in [0.25, 0.3) is 5.91 Å². The first-order valence-corrected chi connectivity index (χ1v) is 19.1. The van der Waals surface area contributed by atoms with Gasteiger partial charge in [-0.1, -0.05) is 38.2 Å². The van der Waals surface area contributed by atoms with E-state index in [1.165, 1.54) is 59.9 Å². The number of amides is 2. The van der Waals surface area contributed by atoms with E-state index < -0.39 is 16.4 Å². The summed E-state index contributed by atoms with van der Waals surface area (Å²) in [5.41, 5.74) is 5.98. The van der Waals surface area contributed by atoms with E-state index in [1.54, 1.807) is 7.11 Å². The molecule has 2 aromatic carbocycles. The van der Waals surface area contributed by atoms with Crippen LogP contribution >= 0.6 is 0 Å². The molecule has 8 rings (SSSR count). The summed E-state index contributed by atoms with van der Waals surface area (Å²) in [4.78, 5) is 30.5. The standard InChI is InChI=1S/C38H48N4O4S/c1-24(2)47(45)40-35(43)26-11-13-29-32(19-26)42-23-38(36(44)41-18-17-39-37(22-41)15-7-8-16-37)21-31(38)30-20-27(46-3)12-14-28(30)34(42)33(29)25-9-5-4-6-10-25/h11-14,19-20,24-25,31,39H,4-10,15-18,21-23H2,1-3H3,(H,40,43). The number of nitrogens with one attached hydrogen (secondary N) is 2. The van der Waals surface area contributed by atoms with Gasteiger partial charge in [-0.2, -0.15) is 0 Å². The first-order chi connectivity index (χ1) is 22.7. The lowest BCUT2D eigenvalue weighted by Crippen LogP contribution is -2.61. The highest BCUT2D eigenvalue weighted by atomic mass is 32.2. The predicted octanol–water partition coefficient (Wildman–Crippen LogP) is 6.40. The van der Waals surface area contributed by atoms with Crippen molar-refractivity contribution in [1.29, 1.82) is 0 Å². The molecule has 2 aliphatic heterocycles. The van der Waals surface area contributed by atoms with E-state index in [-0.39, 0.29) is 28.5 Å². The van der Waals surface area contributed by atoms with Crippen molar-refractivity contribution in [2.75, 3.05) is 26.7 Å². The Morgan fingerprint density at radius 3 is 2.55 bits per heavy atom. The molecule has 3 atom stereocenters. The smallest absolute Gasteiger partial charge is 0.263 e. The van der Waals surface area contributed by atoms with Crippen molar-refractivity contribution in [3.8, 4) is 17.0 Å². The number of fused-ring (bicyclic) bond motifs is 7. The molecule has 3 aromatic rings. The third-order valence-electron chi connectivity index (χ3n) is 12.1. The number of rotatable bonds is 6. The maximum absolute atomic E-state index is 14.9. The van der Waals surface area contributed by atoms with Gasteiger partial charge in [-0.3, -0.25) is 14.3 Å². The lowest BCUT2D eigenvalue weighted by atomic mass is 9.81. The van der Waals surface area contributed by atoms with Crippen molar-refractivity contribution in [3.05, 3.63) is 53.1 Å². The normalized spacial score (nSPS) is 25.6. The monoisotopic (exact) mass is 656 g/mol. The average molecular weight is 657 g/mol. The highest BCUT2D eigenvalue weighted by Gasteiger charge is 2.64. The molecular formula is C38H48N4O4S. The molecule has 2 amide bonds. The first-order valence-electron chi connectivity index (χ1n) is 17.8. The molecule has 3 heterocycles. The average Bonchev–Trinajstić information content (AvgIpc) is 3.55. The fourth-order valence-corrected chi connectivity index (χ4v) is 10.1. The van der Waals surface area contributed by atoms with E-state index in [2.05, 4.69) is 43.8 Å². The fourth-order valence-electron chi connectivity index (χ4n) is 9.52. The Kier molecular flexibility index (Phi) is 7.79. The number of piperazine rings is 1. The van der Waals surface area contributed by atoms with Gasteiger partial charge in [-0.25, -0.2) is 4.21 Å². The maximum atomic E-state index is 14.9. The second-order valence-corrected chi connectivity index (χ2v) is 16.9. The van der Waals surface area contributed by atoms with Crippen LogP contribution in [0.15, 0.2) is 36.4 Å². The van der Waals surface area contributed by atoms with Crippen molar-refractivity contribution in [2.45, 2.75) is 107 Å². The number of aromatic nitrogens is 1. The van der Waals surface area contributed by atoms with Crippen LogP contribution < -0.4 is 14.8 Å². The SMILES string of the molecule is COc1ccc2c(c1)C1CC1(C(=O)N1CCNC3(CCCC3)C1)Cn1c-2c(C2CCCCC2)c2ccc(C(=O)NS(=O)C(C)C)cc21. The van der Waals surface area contributed by atoms with Crippen LogP contribution in [-0.4, -0.2) is 63.0 Å². The Morgan fingerprint density at radius 2 is 1.81 bits per heavy atom. The van der Waals surface area contributed by atoms with Crippen LogP contribution in [0.4, 0.5) is 0 Å². The van der Waals surface area contributed by atoms with Crippen LogP contribution in [0.1, 0.15) is 111 Å². The van der Waals surface area contributed by atoms with Crippen LogP contribution in [-0.2, 0) is 22.3 Å². The van der Waals surface area contributed by atoms with Gasteiger partial charge in [0.2, 0.25) is 5.91 Å². The number of carbonyl (C=O) groups excluding carboxylic acids is 2. The zero-order valence-corrected chi connectivity index (χ0v) is 28.8. The summed E-state index contributed by atoms with van der Waals surface area (Å²) < 4.78 is 23.5.